The summed E-state index contributed by atoms with van der Waals surface area (Å²) in [5, 5.41) is 34.9. The number of amides is 3. The number of carboxylic acids is 1. The highest BCUT2D eigenvalue weighted by Gasteiger charge is 2.60. The van der Waals surface area contributed by atoms with Crippen molar-refractivity contribution in [1.82, 2.24) is 29.5 Å². The standard InChI is InChI=1S/C28H31N7O9S/c1-14-22-21(15(2)36)26(38)34(22)23(27(39)40)24(14)45-19-7-20(25(37)31-8-18(9-31)33-13-29-12-30-33)32(10-19)28(41)44-11-16-3-5-17(6-4-16)35(42)43/h3-6,12-15,18-22,36H,7-11H2,1-2H3,(H,39,40)/t14-,15?,19+,20+,21-,22-/m1/s1. The van der Waals surface area contributed by atoms with Gasteiger partial charge in [0.2, 0.25) is 11.8 Å². The van der Waals surface area contributed by atoms with Gasteiger partial charge >= 0.3 is 12.1 Å². The van der Waals surface area contributed by atoms with E-state index in [1.54, 1.807) is 15.9 Å². The van der Waals surface area contributed by atoms with Crippen LogP contribution in [-0.2, 0) is 25.7 Å². The van der Waals surface area contributed by atoms with E-state index in [-0.39, 0.29) is 54.1 Å². The Labute approximate surface area is 260 Å². The summed E-state index contributed by atoms with van der Waals surface area (Å²) in [5.41, 5.74) is 0.300. The molecule has 0 spiro atoms. The van der Waals surface area contributed by atoms with Gasteiger partial charge in [0.05, 0.1) is 29.0 Å². The van der Waals surface area contributed by atoms with Gasteiger partial charge in [0.1, 0.15) is 31.0 Å². The highest BCUT2D eigenvalue weighted by molar-refractivity contribution is 8.03. The maximum absolute atomic E-state index is 13.7. The number of rotatable bonds is 9. The van der Waals surface area contributed by atoms with Gasteiger partial charge in [-0.25, -0.2) is 19.3 Å². The number of ether oxygens (including phenoxy) is 1. The molecule has 0 bridgehead atoms. The Bertz CT molecular complexity index is 1560. The molecule has 3 amide bonds. The minimum Gasteiger partial charge on any atom is -0.477 e. The van der Waals surface area contributed by atoms with E-state index < -0.39 is 47.0 Å². The third kappa shape index (κ3) is 5.39. The molecule has 17 heteroatoms. The van der Waals surface area contributed by atoms with Crippen LogP contribution in [-0.4, -0.2) is 112 Å². The van der Waals surface area contributed by atoms with Gasteiger partial charge in [-0.2, -0.15) is 5.10 Å². The van der Waals surface area contributed by atoms with Crippen LogP contribution in [0.2, 0.25) is 0 Å². The first-order valence-corrected chi connectivity index (χ1v) is 15.3. The number of hydrogen-bond acceptors (Lipinski definition) is 11. The number of carbonyl (C=O) groups excluding carboxylic acids is 3. The number of benzene rings is 1. The van der Waals surface area contributed by atoms with E-state index in [0.29, 0.717) is 23.6 Å². The molecule has 0 aliphatic carbocycles. The van der Waals surface area contributed by atoms with Crippen LogP contribution in [0.5, 0.6) is 0 Å². The molecule has 16 nitrogen and oxygen atoms in total. The number of thioether (sulfide) groups is 1. The number of carboxylic acid groups (broad SMARTS) is 1. The third-order valence-corrected chi connectivity index (χ3v) is 10.4. The van der Waals surface area contributed by atoms with Crippen molar-refractivity contribution in [2.24, 2.45) is 11.8 Å². The van der Waals surface area contributed by atoms with Crippen LogP contribution in [0.1, 0.15) is 31.9 Å². The number of non-ortho nitro benzene ring substituents is 1. The fourth-order valence-corrected chi connectivity index (χ4v) is 8.06. The fraction of sp³-hybridized carbons (Fsp3) is 0.500. The summed E-state index contributed by atoms with van der Waals surface area (Å²) in [5.74, 6) is -3.05. The number of carbonyl (C=O) groups is 4. The van der Waals surface area contributed by atoms with Crippen molar-refractivity contribution in [3.05, 3.63) is 63.2 Å². The molecule has 6 rings (SSSR count). The number of nitrogens with zero attached hydrogens (tertiary/aromatic N) is 7. The molecule has 3 fully saturated rings. The van der Waals surface area contributed by atoms with E-state index in [4.69, 9.17) is 4.74 Å². The summed E-state index contributed by atoms with van der Waals surface area (Å²) < 4.78 is 7.20. The number of aliphatic carboxylic acids is 1. The summed E-state index contributed by atoms with van der Waals surface area (Å²) in [6.45, 7) is 4.00. The second-order valence-corrected chi connectivity index (χ2v) is 13.0. The molecule has 2 aromatic rings. The van der Waals surface area contributed by atoms with Gasteiger partial charge in [-0.1, -0.05) is 6.92 Å². The fourth-order valence-electron chi connectivity index (χ4n) is 6.54. The zero-order valence-corrected chi connectivity index (χ0v) is 25.1. The van der Waals surface area contributed by atoms with Crippen molar-refractivity contribution in [1.29, 1.82) is 0 Å². The summed E-state index contributed by atoms with van der Waals surface area (Å²) in [4.78, 5) is 71.2. The topological polar surface area (TPSA) is 202 Å². The first kappa shape index (κ1) is 30.5. The average molecular weight is 642 g/mol. The highest BCUT2D eigenvalue weighted by Crippen LogP contribution is 2.52. The minimum atomic E-state index is -1.26. The van der Waals surface area contributed by atoms with E-state index in [1.807, 2.05) is 6.92 Å². The number of hydrogen-bond donors (Lipinski definition) is 2. The van der Waals surface area contributed by atoms with Crippen molar-refractivity contribution >= 4 is 41.3 Å². The molecule has 0 radical (unpaired) electrons. The zero-order valence-electron chi connectivity index (χ0n) is 24.3. The summed E-state index contributed by atoms with van der Waals surface area (Å²) in [6, 6.07) is 4.17. The molecular weight excluding hydrogens is 610 g/mol. The third-order valence-electron chi connectivity index (χ3n) is 8.88. The predicted molar refractivity (Wildman–Crippen MR) is 155 cm³/mol. The maximum atomic E-state index is 13.7. The van der Waals surface area contributed by atoms with E-state index in [2.05, 4.69) is 10.1 Å². The lowest BCUT2D eigenvalue weighted by atomic mass is 9.79. The van der Waals surface area contributed by atoms with Crippen LogP contribution in [0.4, 0.5) is 10.5 Å². The normalized spacial score (nSPS) is 26.8. The second-order valence-electron chi connectivity index (χ2n) is 11.7. The molecule has 1 unspecified atom stereocenters. The number of aliphatic hydroxyl groups excluding tert-OH is 1. The highest BCUT2D eigenvalue weighted by atomic mass is 32.2. The molecule has 1 aromatic carbocycles. The van der Waals surface area contributed by atoms with Crippen molar-refractivity contribution in [3.8, 4) is 0 Å². The SMILES string of the molecule is CC(O)[C@H]1C(=O)N2C(C(=O)O)=C(S[C@H]3C[C@@H](C(=O)N4CC(n5cncn5)C4)N(C(=O)OCc4ccc([N+](=O)[O-])cc4)C3)[C@H](C)[C@H]12. The van der Waals surface area contributed by atoms with E-state index in [1.165, 1.54) is 59.1 Å². The largest absolute Gasteiger partial charge is 0.477 e. The van der Waals surface area contributed by atoms with Crippen LogP contribution in [0.15, 0.2) is 47.5 Å². The second kappa shape index (κ2) is 11.8. The Hall–Kier alpha value is -4.51. The first-order valence-electron chi connectivity index (χ1n) is 14.4. The lowest BCUT2D eigenvalue weighted by Gasteiger charge is -2.46. The molecule has 4 aliphatic heterocycles. The molecule has 1 aromatic heterocycles. The van der Waals surface area contributed by atoms with Gasteiger partial charge < -0.3 is 24.7 Å². The molecule has 6 atom stereocenters. The summed E-state index contributed by atoms with van der Waals surface area (Å²) in [7, 11) is 0. The smallest absolute Gasteiger partial charge is 0.410 e. The lowest BCUT2D eigenvalue weighted by molar-refractivity contribution is -0.384. The Morgan fingerprint density at radius 3 is 2.51 bits per heavy atom. The number of β-lactam (4-membered cyclic amide) rings is 1. The quantitative estimate of drug-likeness (QED) is 0.226. The Balaban J connectivity index is 1.19. The molecule has 2 N–H and O–H groups in total. The molecule has 45 heavy (non-hydrogen) atoms. The number of aliphatic hydroxyl groups is 1. The van der Waals surface area contributed by atoms with Crippen LogP contribution in [0.25, 0.3) is 0 Å². The van der Waals surface area contributed by atoms with Gasteiger partial charge in [0, 0.05) is 47.8 Å². The molecular formula is C28H31N7O9S. The summed E-state index contributed by atoms with van der Waals surface area (Å²) in [6.07, 6.45) is 1.53. The van der Waals surface area contributed by atoms with Crippen LogP contribution >= 0.6 is 11.8 Å². The van der Waals surface area contributed by atoms with Crippen LogP contribution in [0, 0.1) is 22.0 Å². The molecule has 4 aliphatic rings. The van der Waals surface area contributed by atoms with Gasteiger partial charge in [0.25, 0.3) is 5.69 Å². The Morgan fingerprint density at radius 2 is 1.91 bits per heavy atom. The Kier molecular flexibility index (Phi) is 7.98. The number of nitro benzene ring substituents is 1. The van der Waals surface area contributed by atoms with Crippen LogP contribution < -0.4 is 0 Å². The molecule has 238 valence electrons. The number of nitro groups is 1. The van der Waals surface area contributed by atoms with Crippen molar-refractivity contribution in [3.63, 3.8) is 0 Å². The molecule has 0 saturated carbocycles. The van der Waals surface area contributed by atoms with Gasteiger partial charge in [-0.3, -0.25) is 24.6 Å². The van der Waals surface area contributed by atoms with Gasteiger partial charge in [-0.15, -0.1) is 11.8 Å². The maximum Gasteiger partial charge on any atom is 0.410 e. The average Bonchev–Trinajstić information content (AvgIpc) is 3.70. The number of likely N-dealkylation sites (tertiary alicyclic amines) is 2. The minimum absolute atomic E-state index is 0.0443. The van der Waals surface area contributed by atoms with Crippen molar-refractivity contribution < 1.29 is 39.1 Å². The summed E-state index contributed by atoms with van der Waals surface area (Å²) >= 11 is 1.24. The van der Waals surface area contributed by atoms with Crippen molar-refractivity contribution in [2.75, 3.05) is 19.6 Å². The number of fused-ring (bicyclic) bond motifs is 1. The lowest BCUT2D eigenvalue weighted by Crippen LogP contribution is -2.63. The van der Waals surface area contributed by atoms with Crippen molar-refractivity contribution in [2.45, 2.75) is 56.4 Å². The van der Waals surface area contributed by atoms with E-state index in [0.717, 1.165) is 0 Å². The van der Waals surface area contributed by atoms with E-state index >= 15 is 0 Å². The molecule has 3 saturated heterocycles. The monoisotopic (exact) mass is 641 g/mol. The molecule has 5 heterocycles. The van der Waals surface area contributed by atoms with Gasteiger partial charge in [0.15, 0.2) is 0 Å². The van der Waals surface area contributed by atoms with E-state index in [9.17, 15) is 39.5 Å². The van der Waals surface area contributed by atoms with Crippen LogP contribution in [0.3, 0.4) is 0 Å². The Morgan fingerprint density at radius 1 is 1.20 bits per heavy atom. The zero-order chi connectivity index (χ0) is 32.2. The van der Waals surface area contributed by atoms with Gasteiger partial charge in [-0.05, 0) is 31.0 Å². The predicted octanol–water partition coefficient (Wildman–Crippen LogP) is 1.24. The first-order chi connectivity index (χ1) is 21.5. The number of aromatic nitrogens is 3.